The molecule has 0 aliphatic heterocycles. The summed E-state index contributed by atoms with van der Waals surface area (Å²) in [6.45, 7) is 3.92. The number of ether oxygens (including phenoxy) is 1. The van der Waals surface area contributed by atoms with E-state index in [4.69, 9.17) is 11.6 Å². The van der Waals surface area contributed by atoms with Gasteiger partial charge in [-0.1, -0.05) is 11.6 Å². The highest BCUT2D eigenvalue weighted by Gasteiger charge is 2.10. The van der Waals surface area contributed by atoms with Crippen LogP contribution in [-0.2, 0) is 6.54 Å². The van der Waals surface area contributed by atoms with Gasteiger partial charge in [-0.3, -0.25) is 0 Å². The van der Waals surface area contributed by atoms with Crippen LogP contribution in [0.2, 0.25) is 5.02 Å². The van der Waals surface area contributed by atoms with E-state index in [1.807, 2.05) is 20.8 Å². The van der Waals surface area contributed by atoms with Crippen LogP contribution in [-0.4, -0.2) is 25.2 Å². The normalized spacial score (nSPS) is 11.4. The molecule has 0 aliphatic carbocycles. The van der Waals surface area contributed by atoms with E-state index in [-0.39, 0.29) is 42.3 Å². The SMILES string of the molecule is CCNC(=NCc1cc(Cl)ccc1OC(F)F)NC(C)C.I. The highest BCUT2D eigenvalue weighted by atomic mass is 127. The minimum Gasteiger partial charge on any atom is -0.434 e. The number of aliphatic imine (C=N–C) groups is 1. The van der Waals surface area contributed by atoms with Crippen molar-refractivity contribution < 1.29 is 13.5 Å². The first-order valence-electron chi connectivity index (χ1n) is 6.70. The summed E-state index contributed by atoms with van der Waals surface area (Å²) >= 11 is 5.89. The summed E-state index contributed by atoms with van der Waals surface area (Å²) in [4.78, 5) is 4.34. The first kappa shape index (κ1) is 21.2. The Morgan fingerprint density at radius 2 is 2.05 bits per heavy atom. The molecule has 0 amide bonds. The zero-order valence-corrected chi connectivity index (χ0v) is 15.8. The van der Waals surface area contributed by atoms with Gasteiger partial charge in [0, 0.05) is 23.2 Å². The predicted molar refractivity (Wildman–Crippen MR) is 96.6 cm³/mol. The first-order chi connectivity index (χ1) is 9.92. The molecule has 2 N–H and O–H groups in total. The lowest BCUT2D eigenvalue weighted by atomic mass is 10.2. The Kier molecular flexibility index (Phi) is 10.4. The van der Waals surface area contributed by atoms with Crippen molar-refractivity contribution in [3.63, 3.8) is 0 Å². The van der Waals surface area contributed by atoms with Crippen molar-refractivity contribution in [2.45, 2.75) is 40.0 Å². The van der Waals surface area contributed by atoms with E-state index in [9.17, 15) is 8.78 Å². The van der Waals surface area contributed by atoms with Crippen LogP contribution in [0, 0.1) is 0 Å². The highest BCUT2D eigenvalue weighted by Crippen LogP contribution is 2.25. The molecule has 22 heavy (non-hydrogen) atoms. The summed E-state index contributed by atoms with van der Waals surface area (Å²) < 4.78 is 29.2. The van der Waals surface area contributed by atoms with Crippen LogP contribution in [0.3, 0.4) is 0 Å². The zero-order valence-electron chi connectivity index (χ0n) is 12.7. The summed E-state index contributed by atoms with van der Waals surface area (Å²) in [6, 6.07) is 4.70. The molecule has 1 rings (SSSR count). The molecule has 0 aromatic heterocycles. The van der Waals surface area contributed by atoms with E-state index in [2.05, 4.69) is 20.4 Å². The molecule has 1 aromatic rings. The van der Waals surface area contributed by atoms with E-state index in [0.717, 1.165) is 0 Å². The molecule has 0 aliphatic rings. The monoisotopic (exact) mass is 447 g/mol. The van der Waals surface area contributed by atoms with Gasteiger partial charge < -0.3 is 15.4 Å². The third kappa shape index (κ3) is 7.98. The van der Waals surface area contributed by atoms with Gasteiger partial charge in [0.05, 0.1) is 6.54 Å². The van der Waals surface area contributed by atoms with Gasteiger partial charge in [0.1, 0.15) is 5.75 Å². The number of rotatable bonds is 6. The van der Waals surface area contributed by atoms with Gasteiger partial charge in [0.25, 0.3) is 0 Å². The molecule has 0 spiro atoms. The Labute approximate surface area is 151 Å². The fourth-order valence-corrected chi connectivity index (χ4v) is 1.83. The first-order valence-corrected chi connectivity index (χ1v) is 7.08. The second kappa shape index (κ2) is 10.8. The quantitative estimate of drug-likeness (QED) is 0.393. The lowest BCUT2D eigenvalue weighted by molar-refractivity contribution is -0.0504. The van der Waals surface area contributed by atoms with Crippen molar-refractivity contribution in [1.82, 2.24) is 10.6 Å². The molecule has 0 saturated carbocycles. The minimum atomic E-state index is -2.88. The van der Waals surface area contributed by atoms with Crippen LogP contribution in [0.25, 0.3) is 0 Å². The summed E-state index contributed by atoms with van der Waals surface area (Å²) in [5, 5.41) is 6.67. The number of hydrogen-bond donors (Lipinski definition) is 2. The van der Waals surface area contributed by atoms with Crippen molar-refractivity contribution >= 4 is 41.5 Å². The number of nitrogens with zero attached hydrogens (tertiary/aromatic N) is 1. The largest absolute Gasteiger partial charge is 0.434 e. The number of nitrogens with one attached hydrogen (secondary N) is 2. The molecule has 0 atom stereocenters. The molecule has 0 bridgehead atoms. The van der Waals surface area contributed by atoms with Crippen LogP contribution in [0.5, 0.6) is 5.75 Å². The maximum atomic E-state index is 12.4. The Hall–Kier alpha value is -0.830. The van der Waals surface area contributed by atoms with Crippen molar-refractivity contribution in [3.05, 3.63) is 28.8 Å². The molecular weight excluding hydrogens is 427 g/mol. The van der Waals surface area contributed by atoms with E-state index in [1.165, 1.54) is 12.1 Å². The van der Waals surface area contributed by atoms with Crippen molar-refractivity contribution in [1.29, 1.82) is 0 Å². The van der Waals surface area contributed by atoms with Crippen LogP contribution < -0.4 is 15.4 Å². The number of halogens is 4. The third-order valence-electron chi connectivity index (χ3n) is 2.42. The lowest BCUT2D eigenvalue weighted by Gasteiger charge is -2.15. The van der Waals surface area contributed by atoms with Crippen LogP contribution >= 0.6 is 35.6 Å². The van der Waals surface area contributed by atoms with Crippen LogP contribution in [0.4, 0.5) is 8.78 Å². The molecule has 0 radical (unpaired) electrons. The van der Waals surface area contributed by atoms with Crippen molar-refractivity contribution in [2.75, 3.05) is 6.54 Å². The molecule has 0 saturated heterocycles. The second-order valence-electron chi connectivity index (χ2n) is 4.62. The maximum Gasteiger partial charge on any atom is 0.387 e. The fourth-order valence-electron chi connectivity index (χ4n) is 1.64. The van der Waals surface area contributed by atoms with Gasteiger partial charge >= 0.3 is 6.61 Å². The van der Waals surface area contributed by atoms with Gasteiger partial charge in [0.2, 0.25) is 0 Å². The molecule has 0 heterocycles. The molecule has 8 heteroatoms. The molecule has 1 aromatic carbocycles. The Morgan fingerprint density at radius 3 is 2.59 bits per heavy atom. The fraction of sp³-hybridized carbons (Fsp3) is 0.500. The summed E-state index contributed by atoms with van der Waals surface area (Å²) in [5.74, 6) is 0.689. The minimum absolute atomic E-state index is 0. The Bertz CT molecular complexity index is 487. The zero-order chi connectivity index (χ0) is 15.8. The summed E-state index contributed by atoms with van der Waals surface area (Å²) in [6.07, 6.45) is 0. The number of benzene rings is 1. The average Bonchev–Trinajstić information content (AvgIpc) is 2.38. The lowest BCUT2D eigenvalue weighted by Crippen LogP contribution is -2.41. The third-order valence-corrected chi connectivity index (χ3v) is 2.65. The van der Waals surface area contributed by atoms with Crippen molar-refractivity contribution in [2.24, 2.45) is 4.99 Å². The van der Waals surface area contributed by atoms with E-state index >= 15 is 0 Å². The summed E-state index contributed by atoms with van der Waals surface area (Å²) in [7, 11) is 0. The van der Waals surface area contributed by atoms with Crippen LogP contribution in [0.15, 0.2) is 23.2 Å². The van der Waals surface area contributed by atoms with Gasteiger partial charge in [-0.15, -0.1) is 24.0 Å². The Balaban J connectivity index is 0.00000441. The van der Waals surface area contributed by atoms with E-state index in [1.54, 1.807) is 6.07 Å². The van der Waals surface area contributed by atoms with Gasteiger partial charge in [-0.25, -0.2) is 4.99 Å². The standard InChI is InChI=1S/C14H20ClF2N3O.HI/c1-4-18-14(20-9(2)3)19-8-10-7-11(15)5-6-12(10)21-13(16)17;/h5-7,9,13H,4,8H2,1-3H3,(H2,18,19,20);1H. The molecule has 126 valence electrons. The molecular formula is C14H21ClF2IN3O. The second-order valence-corrected chi connectivity index (χ2v) is 5.06. The Morgan fingerprint density at radius 1 is 1.36 bits per heavy atom. The molecule has 0 unspecified atom stereocenters. The average molecular weight is 448 g/mol. The van der Waals surface area contributed by atoms with Crippen molar-refractivity contribution in [3.8, 4) is 5.75 Å². The summed E-state index contributed by atoms with van der Waals surface area (Å²) in [5.41, 5.74) is 0.503. The van der Waals surface area contributed by atoms with Crippen LogP contribution in [0.1, 0.15) is 26.3 Å². The smallest absolute Gasteiger partial charge is 0.387 e. The van der Waals surface area contributed by atoms with Gasteiger partial charge in [-0.05, 0) is 39.0 Å². The van der Waals surface area contributed by atoms with E-state index in [0.29, 0.717) is 23.1 Å². The molecule has 4 nitrogen and oxygen atoms in total. The number of guanidine groups is 1. The predicted octanol–water partition coefficient (Wildman–Crippen LogP) is 4.02. The van der Waals surface area contributed by atoms with E-state index < -0.39 is 6.61 Å². The van der Waals surface area contributed by atoms with Gasteiger partial charge in [-0.2, -0.15) is 8.78 Å². The number of hydrogen-bond acceptors (Lipinski definition) is 2. The van der Waals surface area contributed by atoms with Gasteiger partial charge in [0.15, 0.2) is 5.96 Å². The molecule has 0 fully saturated rings. The topological polar surface area (TPSA) is 45.7 Å². The number of alkyl halides is 2. The maximum absolute atomic E-state index is 12.4. The highest BCUT2D eigenvalue weighted by molar-refractivity contribution is 14.0.